The van der Waals surface area contributed by atoms with E-state index in [0.717, 1.165) is 16.7 Å². The third-order valence-corrected chi connectivity index (χ3v) is 4.48. The van der Waals surface area contributed by atoms with Crippen LogP contribution in [0.25, 0.3) is 11.1 Å². The molecule has 2 aromatic rings. The van der Waals surface area contributed by atoms with Crippen LogP contribution in [-0.2, 0) is 9.84 Å². The van der Waals surface area contributed by atoms with Crippen molar-refractivity contribution in [3.05, 3.63) is 42.1 Å². The summed E-state index contributed by atoms with van der Waals surface area (Å²) in [6.07, 6.45) is 1.59. The average molecular weight is 231 g/mol. The summed E-state index contributed by atoms with van der Waals surface area (Å²) < 4.78 is 24.2. The molecule has 0 atom stereocenters. The molecule has 4 heteroatoms. The van der Waals surface area contributed by atoms with E-state index in [4.69, 9.17) is 0 Å². The van der Waals surface area contributed by atoms with Gasteiger partial charge in [-0.2, -0.15) is 0 Å². The van der Waals surface area contributed by atoms with Crippen LogP contribution in [0.5, 0.6) is 0 Å². The number of aryl methyl sites for hydroxylation is 1. The predicted molar refractivity (Wildman–Crippen MR) is 59.9 cm³/mol. The van der Waals surface area contributed by atoms with Crippen LogP contribution in [0.3, 0.4) is 0 Å². The molecule has 1 aliphatic rings. The molecule has 1 aliphatic heterocycles. The zero-order valence-corrected chi connectivity index (χ0v) is 9.45. The van der Waals surface area contributed by atoms with Gasteiger partial charge in [0, 0.05) is 17.3 Å². The summed E-state index contributed by atoms with van der Waals surface area (Å²) in [6, 6.07) is 8.88. The lowest BCUT2D eigenvalue weighted by Crippen LogP contribution is -1.99. The van der Waals surface area contributed by atoms with Crippen molar-refractivity contribution in [2.75, 3.05) is 0 Å². The van der Waals surface area contributed by atoms with E-state index in [1.165, 1.54) is 0 Å². The van der Waals surface area contributed by atoms with Crippen LogP contribution >= 0.6 is 0 Å². The summed E-state index contributed by atoms with van der Waals surface area (Å²) in [7, 11) is -3.39. The quantitative estimate of drug-likeness (QED) is 0.596. The Balaban J connectivity index is 2.50. The molecule has 0 saturated heterocycles. The van der Waals surface area contributed by atoms with Crippen molar-refractivity contribution in [1.82, 2.24) is 4.98 Å². The maximum absolute atomic E-state index is 12.1. The number of rotatable bonds is 0. The van der Waals surface area contributed by atoms with Gasteiger partial charge in [0.25, 0.3) is 0 Å². The standard InChI is InChI=1S/C12H9NO2S/c1-8-6-10-9-4-2-3-5-11(9)16(14,15)12(10)13-7-8/h2-7H,1H3. The van der Waals surface area contributed by atoms with Gasteiger partial charge < -0.3 is 0 Å². The zero-order valence-electron chi connectivity index (χ0n) is 8.64. The smallest absolute Gasteiger partial charge is 0.225 e. The lowest BCUT2D eigenvalue weighted by atomic mass is 10.1. The Bertz CT molecular complexity index is 690. The van der Waals surface area contributed by atoms with Gasteiger partial charge in [0.15, 0.2) is 5.03 Å². The fourth-order valence-electron chi connectivity index (χ4n) is 1.99. The van der Waals surface area contributed by atoms with Crippen molar-refractivity contribution in [1.29, 1.82) is 0 Å². The van der Waals surface area contributed by atoms with Gasteiger partial charge >= 0.3 is 0 Å². The number of pyridine rings is 1. The Morgan fingerprint density at radius 2 is 1.88 bits per heavy atom. The van der Waals surface area contributed by atoms with Crippen LogP contribution in [0.2, 0.25) is 0 Å². The number of hydrogen-bond donors (Lipinski definition) is 0. The molecule has 0 amide bonds. The summed E-state index contributed by atoms with van der Waals surface area (Å²) in [5, 5.41) is 0.180. The summed E-state index contributed by atoms with van der Waals surface area (Å²) in [4.78, 5) is 4.40. The first-order valence-electron chi connectivity index (χ1n) is 4.92. The van der Waals surface area contributed by atoms with Gasteiger partial charge in [-0.25, -0.2) is 13.4 Å². The molecule has 0 fully saturated rings. The van der Waals surface area contributed by atoms with E-state index in [0.29, 0.717) is 4.90 Å². The molecule has 0 spiro atoms. The maximum Gasteiger partial charge on any atom is 0.225 e. The molecular formula is C12H9NO2S. The van der Waals surface area contributed by atoms with Gasteiger partial charge in [0.1, 0.15) is 0 Å². The highest BCUT2D eigenvalue weighted by Crippen LogP contribution is 2.41. The Kier molecular flexibility index (Phi) is 1.74. The van der Waals surface area contributed by atoms with Gasteiger partial charge in [-0.3, -0.25) is 0 Å². The Hall–Kier alpha value is -1.68. The molecule has 0 aliphatic carbocycles. The molecule has 0 radical (unpaired) electrons. The lowest BCUT2D eigenvalue weighted by molar-refractivity contribution is 0.595. The van der Waals surface area contributed by atoms with Crippen molar-refractivity contribution in [3.8, 4) is 11.1 Å². The molecule has 0 saturated carbocycles. The Labute approximate surface area is 93.7 Å². The van der Waals surface area contributed by atoms with Crippen molar-refractivity contribution in [2.24, 2.45) is 0 Å². The first-order valence-corrected chi connectivity index (χ1v) is 6.40. The molecular weight excluding hydrogens is 222 g/mol. The van der Waals surface area contributed by atoms with Gasteiger partial charge in [0.05, 0.1) is 4.90 Å². The number of aromatic nitrogens is 1. The van der Waals surface area contributed by atoms with Gasteiger partial charge in [-0.15, -0.1) is 0 Å². The number of fused-ring (bicyclic) bond motifs is 3. The van der Waals surface area contributed by atoms with Gasteiger partial charge in [0.2, 0.25) is 9.84 Å². The Morgan fingerprint density at radius 1 is 1.12 bits per heavy atom. The van der Waals surface area contributed by atoms with E-state index in [1.54, 1.807) is 18.3 Å². The second kappa shape index (κ2) is 2.92. The van der Waals surface area contributed by atoms with Crippen LogP contribution in [-0.4, -0.2) is 13.4 Å². The minimum atomic E-state index is -3.39. The van der Waals surface area contributed by atoms with Gasteiger partial charge in [-0.05, 0) is 24.6 Å². The topological polar surface area (TPSA) is 47.0 Å². The van der Waals surface area contributed by atoms with Crippen molar-refractivity contribution >= 4 is 9.84 Å². The monoisotopic (exact) mass is 231 g/mol. The van der Waals surface area contributed by atoms with Crippen molar-refractivity contribution in [3.63, 3.8) is 0 Å². The first-order chi connectivity index (χ1) is 7.60. The normalized spacial score (nSPS) is 15.6. The summed E-state index contributed by atoms with van der Waals surface area (Å²) in [5.74, 6) is 0. The van der Waals surface area contributed by atoms with E-state index in [1.807, 2.05) is 25.1 Å². The van der Waals surface area contributed by atoms with Crippen molar-refractivity contribution < 1.29 is 8.42 Å². The minimum absolute atomic E-state index is 0.180. The molecule has 0 bridgehead atoms. The minimum Gasteiger partial charge on any atom is -0.243 e. The van der Waals surface area contributed by atoms with Crippen LogP contribution in [0.1, 0.15) is 5.56 Å². The highest BCUT2D eigenvalue weighted by atomic mass is 32.2. The second-order valence-electron chi connectivity index (χ2n) is 3.86. The van der Waals surface area contributed by atoms with E-state index in [-0.39, 0.29) is 5.03 Å². The molecule has 2 heterocycles. The Morgan fingerprint density at radius 3 is 2.69 bits per heavy atom. The lowest BCUT2D eigenvalue weighted by Gasteiger charge is -1.98. The molecule has 1 aromatic carbocycles. The predicted octanol–water partition coefficient (Wildman–Crippen LogP) is 2.20. The van der Waals surface area contributed by atoms with Crippen LogP contribution in [0.15, 0.2) is 46.5 Å². The van der Waals surface area contributed by atoms with E-state index in [9.17, 15) is 8.42 Å². The van der Waals surface area contributed by atoms with Crippen LogP contribution < -0.4 is 0 Å². The average Bonchev–Trinajstić information content (AvgIpc) is 2.49. The van der Waals surface area contributed by atoms with Gasteiger partial charge in [-0.1, -0.05) is 18.2 Å². The molecule has 3 nitrogen and oxygen atoms in total. The highest BCUT2D eigenvalue weighted by molar-refractivity contribution is 7.92. The third kappa shape index (κ3) is 1.08. The number of nitrogens with zero attached hydrogens (tertiary/aromatic N) is 1. The number of hydrogen-bond acceptors (Lipinski definition) is 3. The number of sulfone groups is 1. The molecule has 16 heavy (non-hydrogen) atoms. The highest BCUT2D eigenvalue weighted by Gasteiger charge is 2.33. The molecule has 0 N–H and O–H groups in total. The molecule has 0 unspecified atom stereocenters. The van der Waals surface area contributed by atoms with Crippen LogP contribution in [0.4, 0.5) is 0 Å². The summed E-state index contributed by atoms with van der Waals surface area (Å²) in [6.45, 7) is 1.90. The maximum atomic E-state index is 12.1. The first kappa shape index (κ1) is 9.54. The second-order valence-corrected chi connectivity index (χ2v) is 5.70. The molecule has 1 aromatic heterocycles. The summed E-state index contributed by atoms with van der Waals surface area (Å²) in [5.41, 5.74) is 2.44. The summed E-state index contributed by atoms with van der Waals surface area (Å²) >= 11 is 0. The fraction of sp³-hybridized carbons (Fsp3) is 0.0833. The van der Waals surface area contributed by atoms with Crippen molar-refractivity contribution in [2.45, 2.75) is 16.8 Å². The van der Waals surface area contributed by atoms with Crippen LogP contribution in [0, 0.1) is 6.92 Å². The van der Waals surface area contributed by atoms with E-state index >= 15 is 0 Å². The fourth-order valence-corrected chi connectivity index (χ4v) is 3.57. The molecule has 80 valence electrons. The zero-order chi connectivity index (χ0) is 11.3. The SMILES string of the molecule is Cc1cnc2c(c1)-c1ccccc1S2(=O)=O. The van der Waals surface area contributed by atoms with E-state index < -0.39 is 9.84 Å². The van der Waals surface area contributed by atoms with E-state index in [2.05, 4.69) is 4.98 Å². The largest absolute Gasteiger partial charge is 0.243 e. The third-order valence-electron chi connectivity index (χ3n) is 2.71. The number of benzene rings is 1. The molecule has 3 rings (SSSR count).